The van der Waals surface area contributed by atoms with Gasteiger partial charge in [0.1, 0.15) is 0 Å². The van der Waals surface area contributed by atoms with Crippen LogP contribution >= 0.6 is 0 Å². The minimum absolute atomic E-state index is 0.0285. The van der Waals surface area contributed by atoms with E-state index in [1.165, 1.54) is 0 Å². The van der Waals surface area contributed by atoms with Crippen molar-refractivity contribution in [1.82, 2.24) is 10.2 Å². The maximum Gasteiger partial charge on any atom is 0.338 e. The van der Waals surface area contributed by atoms with Crippen LogP contribution in [0.2, 0.25) is 0 Å². The van der Waals surface area contributed by atoms with Gasteiger partial charge in [-0.05, 0) is 42.7 Å². The van der Waals surface area contributed by atoms with Crippen LogP contribution in [0.4, 0.5) is 0 Å². The van der Waals surface area contributed by atoms with Crippen molar-refractivity contribution < 1.29 is 23.9 Å². The zero-order valence-electron chi connectivity index (χ0n) is 17.2. The van der Waals surface area contributed by atoms with Crippen LogP contribution in [0.15, 0.2) is 48.5 Å². The van der Waals surface area contributed by atoms with E-state index in [1.54, 1.807) is 48.5 Å². The van der Waals surface area contributed by atoms with Gasteiger partial charge in [0.05, 0.1) is 23.2 Å². The van der Waals surface area contributed by atoms with Crippen molar-refractivity contribution in [3.05, 3.63) is 70.8 Å². The van der Waals surface area contributed by atoms with Crippen molar-refractivity contribution >= 4 is 23.7 Å². The predicted octanol–water partition coefficient (Wildman–Crippen LogP) is 2.80. The second kappa shape index (κ2) is 8.90. The maximum atomic E-state index is 12.5. The molecule has 156 valence electrons. The molecule has 0 radical (unpaired) electrons. The number of carbonyl (C=O) groups excluding carboxylic acids is 4. The number of amides is 3. The molecule has 0 saturated heterocycles. The lowest BCUT2D eigenvalue weighted by Gasteiger charge is -2.17. The van der Waals surface area contributed by atoms with Gasteiger partial charge in [0, 0.05) is 6.04 Å². The Hall–Kier alpha value is -3.48. The second-order valence-corrected chi connectivity index (χ2v) is 7.62. The minimum Gasteiger partial charge on any atom is -0.452 e. The average molecular weight is 408 g/mol. The highest BCUT2D eigenvalue weighted by Crippen LogP contribution is 2.24. The van der Waals surface area contributed by atoms with E-state index in [9.17, 15) is 19.2 Å². The predicted molar refractivity (Wildman–Crippen MR) is 110 cm³/mol. The van der Waals surface area contributed by atoms with Crippen LogP contribution in [0.1, 0.15) is 57.4 Å². The molecule has 2 aromatic carbocycles. The zero-order chi connectivity index (χ0) is 21.8. The number of esters is 1. The SMILES string of the molecule is CC(C)[C@@H](C)NC(=O)COC(=O)c1cccc(CN2C(=O)c3ccccc3C2=O)c1. The van der Waals surface area contributed by atoms with Crippen molar-refractivity contribution in [2.45, 2.75) is 33.4 Å². The summed E-state index contributed by atoms with van der Waals surface area (Å²) in [6, 6.07) is 13.1. The molecule has 1 N–H and O–H groups in total. The van der Waals surface area contributed by atoms with Gasteiger partial charge < -0.3 is 10.1 Å². The van der Waals surface area contributed by atoms with Gasteiger partial charge in [0.15, 0.2) is 6.61 Å². The fraction of sp³-hybridized carbons (Fsp3) is 0.304. The zero-order valence-corrected chi connectivity index (χ0v) is 17.2. The summed E-state index contributed by atoms with van der Waals surface area (Å²) in [5.41, 5.74) is 1.60. The topological polar surface area (TPSA) is 92.8 Å². The van der Waals surface area contributed by atoms with Gasteiger partial charge in [-0.2, -0.15) is 0 Å². The standard InChI is InChI=1S/C23H24N2O5/c1-14(2)15(3)24-20(26)13-30-23(29)17-8-6-7-16(11-17)12-25-21(27)18-9-4-5-10-19(18)22(25)28/h4-11,14-15H,12-13H2,1-3H3,(H,24,26)/t15-/m1/s1. The molecule has 0 fully saturated rings. The number of nitrogens with zero attached hydrogens (tertiary/aromatic N) is 1. The lowest BCUT2D eigenvalue weighted by atomic mass is 10.1. The Labute approximate surface area is 175 Å². The molecule has 0 saturated carbocycles. The summed E-state index contributed by atoms with van der Waals surface area (Å²) < 4.78 is 5.09. The van der Waals surface area contributed by atoms with Gasteiger partial charge >= 0.3 is 5.97 Å². The van der Waals surface area contributed by atoms with Gasteiger partial charge in [-0.1, -0.05) is 38.1 Å². The third-order valence-corrected chi connectivity index (χ3v) is 5.10. The lowest BCUT2D eigenvalue weighted by Crippen LogP contribution is -2.38. The first-order valence-electron chi connectivity index (χ1n) is 9.78. The Morgan fingerprint density at radius 3 is 2.20 bits per heavy atom. The monoisotopic (exact) mass is 408 g/mol. The summed E-state index contributed by atoms with van der Waals surface area (Å²) in [6.45, 7) is 5.51. The van der Waals surface area contributed by atoms with Crippen molar-refractivity contribution in [2.75, 3.05) is 6.61 Å². The van der Waals surface area contributed by atoms with E-state index in [0.29, 0.717) is 16.7 Å². The molecule has 30 heavy (non-hydrogen) atoms. The molecular weight excluding hydrogens is 384 g/mol. The Bertz CT molecular complexity index is 964. The van der Waals surface area contributed by atoms with E-state index in [0.717, 1.165) is 4.90 Å². The van der Waals surface area contributed by atoms with E-state index in [-0.39, 0.29) is 48.4 Å². The molecule has 1 atom stereocenters. The molecule has 0 aliphatic carbocycles. The van der Waals surface area contributed by atoms with Gasteiger partial charge in [-0.15, -0.1) is 0 Å². The number of ether oxygens (including phenoxy) is 1. The van der Waals surface area contributed by atoms with Crippen LogP contribution in [-0.2, 0) is 16.1 Å². The number of hydrogen-bond acceptors (Lipinski definition) is 5. The molecule has 7 heteroatoms. The summed E-state index contributed by atoms with van der Waals surface area (Å²) in [7, 11) is 0. The summed E-state index contributed by atoms with van der Waals surface area (Å²) in [4.78, 5) is 50.4. The fourth-order valence-corrected chi connectivity index (χ4v) is 3.04. The molecule has 3 amide bonds. The van der Waals surface area contributed by atoms with Crippen LogP contribution in [0.3, 0.4) is 0 Å². The Morgan fingerprint density at radius 2 is 1.60 bits per heavy atom. The number of benzene rings is 2. The van der Waals surface area contributed by atoms with Crippen molar-refractivity contribution in [3.63, 3.8) is 0 Å². The maximum absolute atomic E-state index is 12.5. The second-order valence-electron chi connectivity index (χ2n) is 7.62. The molecule has 3 rings (SSSR count). The molecule has 1 heterocycles. The normalized spacial score (nSPS) is 13.9. The third-order valence-electron chi connectivity index (χ3n) is 5.10. The van der Waals surface area contributed by atoms with Gasteiger partial charge in [0.2, 0.25) is 0 Å². The van der Waals surface area contributed by atoms with Gasteiger partial charge in [-0.3, -0.25) is 19.3 Å². The number of carbonyl (C=O) groups is 4. The first kappa shape index (κ1) is 21.2. The van der Waals surface area contributed by atoms with Crippen LogP contribution in [-0.4, -0.2) is 41.2 Å². The Balaban J connectivity index is 1.63. The molecule has 2 aromatic rings. The summed E-state index contributed by atoms with van der Waals surface area (Å²) >= 11 is 0. The number of rotatable bonds is 7. The highest BCUT2D eigenvalue weighted by molar-refractivity contribution is 6.21. The van der Waals surface area contributed by atoms with Crippen LogP contribution in [0, 0.1) is 5.92 Å². The summed E-state index contributed by atoms with van der Waals surface area (Å²) in [6.07, 6.45) is 0. The molecule has 0 spiro atoms. The van der Waals surface area contributed by atoms with Crippen molar-refractivity contribution in [2.24, 2.45) is 5.92 Å². The third kappa shape index (κ3) is 4.56. The van der Waals surface area contributed by atoms with Crippen LogP contribution < -0.4 is 5.32 Å². The molecule has 1 aliphatic heterocycles. The highest BCUT2D eigenvalue weighted by atomic mass is 16.5. The van der Waals surface area contributed by atoms with E-state index >= 15 is 0 Å². The number of nitrogens with one attached hydrogen (secondary N) is 1. The van der Waals surface area contributed by atoms with Crippen LogP contribution in [0.5, 0.6) is 0 Å². The van der Waals surface area contributed by atoms with E-state index in [2.05, 4.69) is 5.32 Å². The van der Waals surface area contributed by atoms with Crippen LogP contribution in [0.25, 0.3) is 0 Å². The number of hydrogen-bond donors (Lipinski definition) is 1. The molecule has 7 nitrogen and oxygen atoms in total. The highest BCUT2D eigenvalue weighted by Gasteiger charge is 2.35. The smallest absolute Gasteiger partial charge is 0.338 e. The molecular formula is C23H24N2O5. The fourth-order valence-electron chi connectivity index (χ4n) is 3.04. The number of imide groups is 1. The molecule has 1 aliphatic rings. The Morgan fingerprint density at radius 1 is 0.967 bits per heavy atom. The summed E-state index contributed by atoms with van der Waals surface area (Å²) in [5, 5.41) is 2.77. The first-order valence-corrected chi connectivity index (χ1v) is 9.78. The van der Waals surface area contributed by atoms with Crippen molar-refractivity contribution in [3.8, 4) is 0 Å². The first-order chi connectivity index (χ1) is 14.3. The van der Waals surface area contributed by atoms with Gasteiger partial charge in [0.25, 0.3) is 17.7 Å². The Kier molecular flexibility index (Phi) is 6.30. The minimum atomic E-state index is -0.647. The number of fused-ring (bicyclic) bond motifs is 1. The van der Waals surface area contributed by atoms with Gasteiger partial charge in [-0.25, -0.2) is 4.79 Å². The largest absolute Gasteiger partial charge is 0.452 e. The average Bonchev–Trinajstić information content (AvgIpc) is 2.97. The quantitative estimate of drug-likeness (QED) is 0.562. The van der Waals surface area contributed by atoms with E-state index in [4.69, 9.17) is 4.74 Å². The summed E-state index contributed by atoms with van der Waals surface area (Å²) in [5.74, 6) is -1.47. The van der Waals surface area contributed by atoms with E-state index < -0.39 is 5.97 Å². The lowest BCUT2D eigenvalue weighted by molar-refractivity contribution is -0.125. The van der Waals surface area contributed by atoms with E-state index in [1.807, 2.05) is 20.8 Å². The molecule has 0 aromatic heterocycles. The van der Waals surface area contributed by atoms with Crippen molar-refractivity contribution in [1.29, 1.82) is 0 Å². The molecule has 0 unspecified atom stereocenters. The molecule has 0 bridgehead atoms.